The van der Waals surface area contributed by atoms with Crippen molar-refractivity contribution < 1.29 is 14.3 Å². The zero-order valence-corrected chi connectivity index (χ0v) is 20.5. The molecule has 0 bridgehead atoms. The lowest BCUT2D eigenvalue weighted by atomic mass is 9.88. The van der Waals surface area contributed by atoms with Gasteiger partial charge in [0.25, 0.3) is 5.91 Å². The molecule has 1 spiro atoms. The largest absolute Gasteiger partial charge is 0.368 e. The van der Waals surface area contributed by atoms with Crippen molar-refractivity contribution in [1.29, 1.82) is 0 Å². The summed E-state index contributed by atoms with van der Waals surface area (Å²) >= 11 is 0. The monoisotopic (exact) mass is 470 g/mol. The van der Waals surface area contributed by atoms with Crippen molar-refractivity contribution in [2.75, 3.05) is 32.7 Å². The molecular formula is C27H35ClN2O3. The summed E-state index contributed by atoms with van der Waals surface area (Å²) in [5, 5.41) is 0. The van der Waals surface area contributed by atoms with Crippen LogP contribution in [0.1, 0.15) is 48.2 Å². The van der Waals surface area contributed by atoms with Gasteiger partial charge in [-0.25, -0.2) is 0 Å². The van der Waals surface area contributed by atoms with Crippen molar-refractivity contribution in [1.82, 2.24) is 9.80 Å². The molecule has 1 unspecified atom stereocenters. The molecule has 0 saturated carbocycles. The van der Waals surface area contributed by atoms with Gasteiger partial charge in [0.1, 0.15) is 5.78 Å². The SMILES string of the molecule is CC(=O)Cc1cccc(CCN2CCC3(CC2)CN(C(=O)c2ccccc2)CC(C)O3)c1.Cl. The second kappa shape index (κ2) is 11.3. The molecule has 0 radical (unpaired) electrons. The molecular weight excluding hydrogens is 436 g/mol. The summed E-state index contributed by atoms with van der Waals surface area (Å²) in [4.78, 5) is 28.9. The molecule has 178 valence electrons. The first kappa shape index (κ1) is 25.4. The summed E-state index contributed by atoms with van der Waals surface area (Å²) in [6.45, 7) is 8.00. The third-order valence-corrected chi connectivity index (χ3v) is 6.64. The highest BCUT2D eigenvalue weighted by molar-refractivity contribution is 5.94. The first-order chi connectivity index (χ1) is 15.4. The number of carbonyl (C=O) groups is 2. The first-order valence-electron chi connectivity index (χ1n) is 11.7. The number of amides is 1. The van der Waals surface area contributed by atoms with Crippen molar-refractivity contribution in [2.24, 2.45) is 0 Å². The number of likely N-dealkylation sites (tertiary alicyclic amines) is 1. The molecule has 2 aromatic rings. The molecule has 4 rings (SSSR count). The number of rotatable bonds is 6. The van der Waals surface area contributed by atoms with E-state index in [4.69, 9.17) is 4.74 Å². The maximum atomic E-state index is 13.0. The van der Waals surface area contributed by atoms with E-state index >= 15 is 0 Å². The molecule has 2 fully saturated rings. The Morgan fingerprint density at radius 2 is 1.73 bits per heavy atom. The van der Waals surface area contributed by atoms with Crippen molar-refractivity contribution in [2.45, 2.75) is 51.2 Å². The smallest absolute Gasteiger partial charge is 0.254 e. The predicted octanol–water partition coefficient (Wildman–Crippen LogP) is 4.18. The Balaban J connectivity index is 0.00000306. The third-order valence-electron chi connectivity index (χ3n) is 6.64. The fourth-order valence-electron chi connectivity index (χ4n) is 5.07. The fourth-order valence-corrected chi connectivity index (χ4v) is 5.07. The number of ketones is 1. The number of hydrogen-bond donors (Lipinski definition) is 0. The van der Waals surface area contributed by atoms with E-state index in [0.717, 1.165) is 50.0 Å². The van der Waals surface area contributed by atoms with Gasteiger partial charge in [-0.2, -0.15) is 0 Å². The van der Waals surface area contributed by atoms with E-state index in [1.165, 1.54) is 5.56 Å². The molecule has 2 heterocycles. The standard InChI is InChI=1S/C27H34N2O3.ClH/c1-21(30)17-24-8-6-7-23(18-24)11-14-28-15-12-27(13-16-28)20-29(19-22(2)32-27)26(31)25-9-4-3-5-10-25;/h3-10,18,22H,11-17,19-20H2,1-2H3;1H. The van der Waals surface area contributed by atoms with Crippen LogP contribution in [0.2, 0.25) is 0 Å². The summed E-state index contributed by atoms with van der Waals surface area (Å²) in [6, 6.07) is 17.9. The molecule has 2 saturated heterocycles. The van der Waals surface area contributed by atoms with Crippen LogP contribution in [-0.4, -0.2) is 65.9 Å². The van der Waals surface area contributed by atoms with Gasteiger partial charge < -0.3 is 14.5 Å². The topological polar surface area (TPSA) is 49.9 Å². The van der Waals surface area contributed by atoms with Gasteiger partial charge in [-0.05, 0) is 56.4 Å². The van der Waals surface area contributed by atoms with Gasteiger partial charge in [-0.3, -0.25) is 9.59 Å². The maximum Gasteiger partial charge on any atom is 0.254 e. The second-order valence-electron chi connectivity index (χ2n) is 9.45. The Labute approximate surface area is 203 Å². The number of benzene rings is 2. The highest BCUT2D eigenvalue weighted by Crippen LogP contribution is 2.33. The molecule has 1 atom stereocenters. The van der Waals surface area contributed by atoms with E-state index in [2.05, 4.69) is 24.0 Å². The number of Topliss-reactive ketones (excluding diaryl/α,β-unsaturated/α-hetero) is 1. The van der Waals surface area contributed by atoms with Crippen LogP contribution < -0.4 is 0 Å². The number of carbonyl (C=O) groups excluding carboxylic acids is 2. The van der Waals surface area contributed by atoms with Gasteiger partial charge in [0.2, 0.25) is 0 Å². The van der Waals surface area contributed by atoms with E-state index in [-0.39, 0.29) is 35.8 Å². The number of hydrogen-bond acceptors (Lipinski definition) is 4. The predicted molar refractivity (Wildman–Crippen MR) is 133 cm³/mol. The van der Waals surface area contributed by atoms with E-state index in [9.17, 15) is 9.59 Å². The van der Waals surface area contributed by atoms with Gasteiger partial charge >= 0.3 is 0 Å². The Morgan fingerprint density at radius 1 is 1.03 bits per heavy atom. The average molecular weight is 471 g/mol. The highest BCUT2D eigenvalue weighted by atomic mass is 35.5. The lowest BCUT2D eigenvalue weighted by molar-refractivity contribution is -0.161. The van der Waals surface area contributed by atoms with E-state index in [1.54, 1.807) is 6.92 Å². The number of morpholine rings is 1. The number of nitrogens with zero attached hydrogens (tertiary/aromatic N) is 2. The van der Waals surface area contributed by atoms with Gasteiger partial charge in [0.05, 0.1) is 18.2 Å². The molecule has 2 aromatic carbocycles. The highest BCUT2D eigenvalue weighted by Gasteiger charge is 2.43. The molecule has 6 heteroatoms. The van der Waals surface area contributed by atoms with Crippen molar-refractivity contribution in [3.8, 4) is 0 Å². The third kappa shape index (κ3) is 6.66. The Kier molecular flexibility index (Phi) is 8.69. The van der Waals surface area contributed by atoms with E-state index in [1.807, 2.05) is 47.4 Å². The second-order valence-corrected chi connectivity index (χ2v) is 9.45. The summed E-state index contributed by atoms with van der Waals surface area (Å²) in [6.07, 6.45) is 3.43. The molecule has 2 aliphatic rings. The van der Waals surface area contributed by atoms with Crippen LogP contribution in [-0.2, 0) is 22.4 Å². The van der Waals surface area contributed by atoms with Crippen molar-refractivity contribution in [3.63, 3.8) is 0 Å². The summed E-state index contributed by atoms with van der Waals surface area (Å²) in [5.74, 6) is 0.304. The first-order valence-corrected chi connectivity index (χ1v) is 11.7. The maximum absolute atomic E-state index is 13.0. The zero-order valence-electron chi connectivity index (χ0n) is 19.7. The molecule has 33 heavy (non-hydrogen) atoms. The number of piperidine rings is 1. The normalized spacial score (nSPS) is 20.3. The fraction of sp³-hybridized carbons (Fsp3) is 0.481. The molecule has 2 aliphatic heterocycles. The van der Waals surface area contributed by atoms with Gasteiger partial charge in [-0.1, -0.05) is 42.5 Å². The van der Waals surface area contributed by atoms with Crippen LogP contribution in [0, 0.1) is 0 Å². The van der Waals surface area contributed by atoms with Crippen molar-refractivity contribution >= 4 is 24.1 Å². The Hall–Kier alpha value is -2.21. The van der Waals surface area contributed by atoms with Crippen LogP contribution >= 0.6 is 12.4 Å². The minimum absolute atomic E-state index is 0. The summed E-state index contributed by atoms with van der Waals surface area (Å²) < 4.78 is 6.44. The van der Waals surface area contributed by atoms with Crippen LogP contribution in [0.4, 0.5) is 0 Å². The molecule has 5 nitrogen and oxygen atoms in total. The Bertz CT molecular complexity index is 941. The van der Waals surface area contributed by atoms with Crippen LogP contribution in [0.25, 0.3) is 0 Å². The van der Waals surface area contributed by atoms with Crippen molar-refractivity contribution in [3.05, 3.63) is 71.3 Å². The molecule has 0 N–H and O–H groups in total. The molecule has 0 aromatic heterocycles. The quantitative estimate of drug-likeness (QED) is 0.635. The van der Waals surface area contributed by atoms with Gasteiger partial charge in [0.15, 0.2) is 0 Å². The van der Waals surface area contributed by atoms with Gasteiger partial charge in [-0.15, -0.1) is 12.4 Å². The van der Waals surface area contributed by atoms with Crippen LogP contribution in [0.3, 0.4) is 0 Å². The summed E-state index contributed by atoms with van der Waals surface area (Å²) in [5.41, 5.74) is 2.90. The van der Waals surface area contributed by atoms with Gasteiger partial charge in [0, 0.05) is 38.2 Å². The molecule has 1 amide bonds. The minimum Gasteiger partial charge on any atom is -0.368 e. The van der Waals surface area contributed by atoms with Crippen LogP contribution in [0.15, 0.2) is 54.6 Å². The molecule has 0 aliphatic carbocycles. The van der Waals surface area contributed by atoms with E-state index < -0.39 is 0 Å². The number of halogens is 1. The summed E-state index contributed by atoms with van der Waals surface area (Å²) in [7, 11) is 0. The average Bonchev–Trinajstić information content (AvgIpc) is 2.78. The number of ether oxygens (including phenoxy) is 1. The van der Waals surface area contributed by atoms with E-state index in [0.29, 0.717) is 19.5 Å². The lowest BCUT2D eigenvalue weighted by Gasteiger charge is -2.49. The lowest BCUT2D eigenvalue weighted by Crippen LogP contribution is -2.60. The zero-order chi connectivity index (χ0) is 22.6. The minimum atomic E-state index is -0.236. The Morgan fingerprint density at radius 3 is 2.42 bits per heavy atom. The van der Waals surface area contributed by atoms with Crippen LogP contribution in [0.5, 0.6) is 0 Å².